The predicted octanol–water partition coefficient (Wildman–Crippen LogP) is 3.04. The van der Waals surface area contributed by atoms with Crippen molar-refractivity contribution in [2.24, 2.45) is 11.8 Å². The van der Waals surface area contributed by atoms with E-state index in [1.54, 1.807) is 0 Å². The van der Waals surface area contributed by atoms with E-state index < -0.39 is 0 Å². The lowest BCUT2D eigenvalue weighted by Crippen LogP contribution is -2.46. The molecule has 2 fully saturated rings. The lowest BCUT2D eigenvalue weighted by Gasteiger charge is -2.36. The third-order valence-electron chi connectivity index (χ3n) is 4.07. The normalized spacial score (nSPS) is 32.8. The molecule has 0 aromatic rings. The fraction of sp³-hybridized carbons (Fsp3) is 0.923. The molecular weight excluding hydrogens is 222 g/mol. The number of carbonyl (C=O) groups is 1. The first kappa shape index (κ1) is 12.2. The Labute approximate surface area is 103 Å². The van der Waals surface area contributed by atoms with E-state index in [0.29, 0.717) is 17.7 Å². The number of alkyl halides is 1. The summed E-state index contributed by atoms with van der Waals surface area (Å²) in [6, 6.07) is 0. The number of amides is 1. The fourth-order valence-electron chi connectivity index (χ4n) is 2.92. The molecule has 3 heteroatoms. The topological polar surface area (TPSA) is 20.3 Å². The van der Waals surface area contributed by atoms with Crippen molar-refractivity contribution in [1.82, 2.24) is 4.90 Å². The molecule has 2 unspecified atom stereocenters. The average Bonchev–Trinajstić information content (AvgIpc) is 2.33. The SMILES string of the molecule is CC1CN(C(=O)C2CCCCC2)CCC1Cl. The summed E-state index contributed by atoms with van der Waals surface area (Å²) in [7, 11) is 0. The molecule has 1 amide bonds. The van der Waals surface area contributed by atoms with E-state index in [1.807, 2.05) is 0 Å². The Hall–Kier alpha value is -0.240. The van der Waals surface area contributed by atoms with Gasteiger partial charge in [0, 0.05) is 24.4 Å². The van der Waals surface area contributed by atoms with E-state index in [1.165, 1.54) is 19.3 Å². The van der Waals surface area contributed by atoms with E-state index in [0.717, 1.165) is 32.4 Å². The largest absolute Gasteiger partial charge is 0.342 e. The first-order chi connectivity index (χ1) is 7.68. The van der Waals surface area contributed by atoms with Crippen LogP contribution in [-0.4, -0.2) is 29.3 Å². The molecule has 0 aromatic carbocycles. The molecule has 0 bridgehead atoms. The van der Waals surface area contributed by atoms with Gasteiger partial charge in [0.15, 0.2) is 0 Å². The van der Waals surface area contributed by atoms with Gasteiger partial charge in [0.25, 0.3) is 0 Å². The second kappa shape index (κ2) is 5.39. The third kappa shape index (κ3) is 2.71. The summed E-state index contributed by atoms with van der Waals surface area (Å²) in [5, 5.41) is 0.260. The van der Waals surface area contributed by atoms with Gasteiger partial charge in [-0.05, 0) is 25.2 Å². The standard InChI is InChI=1S/C13H22ClNO/c1-10-9-15(8-7-12(10)14)13(16)11-5-3-2-4-6-11/h10-12H,2-9H2,1H3. The molecule has 2 nitrogen and oxygen atoms in total. The predicted molar refractivity (Wildman–Crippen MR) is 66.6 cm³/mol. The Balaban J connectivity index is 1.89. The zero-order valence-electron chi connectivity index (χ0n) is 10.1. The second-order valence-corrected chi connectivity index (χ2v) is 5.96. The average molecular weight is 244 g/mol. The second-order valence-electron chi connectivity index (χ2n) is 5.40. The van der Waals surface area contributed by atoms with Crippen molar-refractivity contribution < 1.29 is 4.79 Å². The first-order valence-electron chi connectivity index (χ1n) is 6.61. The molecule has 0 N–H and O–H groups in total. The molecule has 2 rings (SSSR count). The Kier molecular flexibility index (Phi) is 4.12. The van der Waals surface area contributed by atoms with E-state index in [-0.39, 0.29) is 5.38 Å². The van der Waals surface area contributed by atoms with E-state index in [2.05, 4.69) is 11.8 Å². The highest BCUT2D eigenvalue weighted by atomic mass is 35.5. The van der Waals surface area contributed by atoms with Crippen LogP contribution in [0.15, 0.2) is 0 Å². The van der Waals surface area contributed by atoms with Gasteiger partial charge in [0.1, 0.15) is 0 Å². The van der Waals surface area contributed by atoms with Crippen molar-refractivity contribution in [3.05, 3.63) is 0 Å². The zero-order chi connectivity index (χ0) is 11.5. The molecule has 1 aliphatic heterocycles. The van der Waals surface area contributed by atoms with Crippen LogP contribution in [0.5, 0.6) is 0 Å². The maximum atomic E-state index is 12.3. The van der Waals surface area contributed by atoms with Gasteiger partial charge in [0.2, 0.25) is 5.91 Å². The van der Waals surface area contributed by atoms with Crippen LogP contribution in [0.25, 0.3) is 0 Å². The highest BCUT2D eigenvalue weighted by molar-refractivity contribution is 6.20. The maximum Gasteiger partial charge on any atom is 0.225 e. The van der Waals surface area contributed by atoms with Crippen LogP contribution < -0.4 is 0 Å². The summed E-state index contributed by atoms with van der Waals surface area (Å²) in [4.78, 5) is 14.3. The number of hydrogen-bond donors (Lipinski definition) is 0. The first-order valence-corrected chi connectivity index (χ1v) is 7.05. The number of halogens is 1. The number of rotatable bonds is 1. The van der Waals surface area contributed by atoms with Gasteiger partial charge in [-0.2, -0.15) is 0 Å². The third-order valence-corrected chi connectivity index (χ3v) is 4.72. The smallest absolute Gasteiger partial charge is 0.225 e. The summed E-state index contributed by atoms with van der Waals surface area (Å²) in [5.74, 6) is 1.16. The van der Waals surface area contributed by atoms with Crippen LogP contribution in [0.1, 0.15) is 45.4 Å². The van der Waals surface area contributed by atoms with Gasteiger partial charge in [0.05, 0.1) is 0 Å². The number of nitrogens with zero attached hydrogens (tertiary/aromatic N) is 1. The van der Waals surface area contributed by atoms with Crippen molar-refractivity contribution in [1.29, 1.82) is 0 Å². The van der Waals surface area contributed by atoms with Crippen molar-refractivity contribution >= 4 is 17.5 Å². The number of likely N-dealkylation sites (tertiary alicyclic amines) is 1. The van der Waals surface area contributed by atoms with Crippen molar-refractivity contribution in [2.75, 3.05) is 13.1 Å². The fourth-order valence-corrected chi connectivity index (χ4v) is 3.10. The summed E-state index contributed by atoms with van der Waals surface area (Å²) >= 11 is 6.18. The summed E-state index contributed by atoms with van der Waals surface area (Å²) in [6.45, 7) is 3.88. The van der Waals surface area contributed by atoms with Crippen LogP contribution in [0.3, 0.4) is 0 Å². The van der Waals surface area contributed by atoms with Crippen LogP contribution in [0.4, 0.5) is 0 Å². The van der Waals surface area contributed by atoms with E-state index >= 15 is 0 Å². The van der Waals surface area contributed by atoms with Crippen LogP contribution in [0.2, 0.25) is 0 Å². The van der Waals surface area contributed by atoms with Crippen LogP contribution >= 0.6 is 11.6 Å². The van der Waals surface area contributed by atoms with Gasteiger partial charge in [-0.25, -0.2) is 0 Å². The number of carbonyl (C=O) groups excluding carboxylic acids is 1. The minimum Gasteiger partial charge on any atom is -0.342 e. The summed E-state index contributed by atoms with van der Waals surface area (Å²) in [5.41, 5.74) is 0. The zero-order valence-corrected chi connectivity index (χ0v) is 10.9. The summed E-state index contributed by atoms with van der Waals surface area (Å²) < 4.78 is 0. The Morgan fingerprint density at radius 2 is 1.88 bits per heavy atom. The van der Waals surface area contributed by atoms with Gasteiger partial charge < -0.3 is 4.90 Å². The van der Waals surface area contributed by atoms with Gasteiger partial charge in [-0.3, -0.25) is 4.79 Å². The maximum absolute atomic E-state index is 12.3. The van der Waals surface area contributed by atoms with Gasteiger partial charge in [-0.1, -0.05) is 26.2 Å². The minimum atomic E-state index is 0.260. The summed E-state index contributed by atoms with van der Waals surface area (Å²) in [6.07, 6.45) is 6.95. The molecule has 0 spiro atoms. The highest BCUT2D eigenvalue weighted by Crippen LogP contribution is 2.28. The Morgan fingerprint density at radius 1 is 1.19 bits per heavy atom. The molecule has 2 aliphatic rings. The molecule has 1 aliphatic carbocycles. The molecule has 1 saturated carbocycles. The van der Waals surface area contributed by atoms with E-state index in [4.69, 9.17) is 11.6 Å². The number of hydrogen-bond acceptors (Lipinski definition) is 1. The van der Waals surface area contributed by atoms with Crippen molar-refractivity contribution in [3.63, 3.8) is 0 Å². The Bertz CT molecular complexity index is 250. The quantitative estimate of drug-likeness (QED) is 0.649. The lowest BCUT2D eigenvalue weighted by atomic mass is 9.87. The minimum absolute atomic E-state index is 0.260. The monoisotopic (exact) mass is 243 g/mol. The van der Waals surface area contributed by atoms with Gasteiger partial charge in [-0.15, -0.1) is 11.6 Å². The van der Waals surface area contributed by atoms with E-state index in [9.17, 15) is 4.79 Å². The highest BCUT2D eigenvalue weighted by Gasteiger charge is 2.31. The van der Waals surface area contributed by atoms with Crippen LogP contribution in [0, 0.1) is 11.8 Å². The molecule has 2 atom stereocenters. The Morgan fingerprint density at radius 3 is 2.50 bits per heavy atom. The molecule has 0 radical (unpaired) electrons. The molecule has 1 saturated heterocycles. The number of piperidine rings is 1. The lowest BCUT2D eigenvalue weighted by molar-refractivity contribution is -0.138. The van der Waals surface area contributed by atoms with Crippen LogP contribution in [-0.2, 0) is 4.79 Å². The van der Waals surface area contributed by atoms with Gasteiger partial charge >= 0.3 is 0 Å². The molecule has 92 valence electrons. The van der Waals surface area contributed by atoms with Crippen molar-refractivity contribution in [3.8, 4) is 0 Å². The molecular formula is C13H22ClNO. The molecule has 16 heavy (non-hydrogen) atoms. The molecule has 0 aromatic heterocycles. The van der Waals surface area contributed by atoms with Crippen molar-refractivity contribution in [2.45, 2.75) is 50.8 Å². The molecule has 1 heterocycles.